The molecule has 0 heterocycles. The number of rotatable bonds is 32. The van der Waals surface area contributed by atoms with Crippen LogP contribution in [0.5, 0.6) is 0 Å². The molecule has 278 valence electrons. The largest absolute Gasteiger partial charge is 0.448 e. The van der Waals surface area contributed by atoms with Crippen molar-refractivity contribution in [2.24, 2.45) is 0 Å². The molecule has 0 aromatic heterocycles. The molecule has 0 fully saturated rings. The molecule has 2 amide bonds. The monoisotopic (exact) mass is 675 g/mol. The van der Waals surface area contributed by atoms with E-state index in [1.807, 2.05) is 0 Å². The predicted molar refractivity (Wildman–Crippen MR) is 204 cm³/mol. The van der Waals surface area contributed by atoms with Gasteiger partial charge in [0.05, 0.1) is 0 Å². The minimum Gasteiger partial charge on any atom is -0.448 e. The number of hydrogen-bond donors (Lipinski definition) is 2. The maximum Gasteiger partial charge on any atom is 0.411 e. The van der Waals surface area contributed by atoms with Crippen LogP contribution in [0.1, 0.15) is 156 Å². The number of unbranched alkanes of at least 4 members (excludes halogenated alkanes) is 18. The number of ether oxygens (including phenoxy) is 2. The van der Waals surface area contributed by atoms with Crippen LogP contribution in [0.15, 0.2) is 24.3 Å². The summed E-state index contributed by atoms with van der Waals surface area (Å²) in [5, 5.41) is 5.53. The maximum atomic E-state index is 12.3. The molecule has 8 heteroatoms. The lowest BCUT2D eigenvalue weighted by atomic mass is 10.1. The van der Waals surface area contributed by atoms with Gasteiger partial charge in [-0.3, -0.25) is 10.6 Å². The minimum atomic E-state index is -0.469. The fraction of sp³-hybridized carbons (Fsp3) is 0.800. The van der Waals surface area contributed by atoms with Crippen LogP contribution in [0.4, 0.5) is 21.0 Å². The van der Waals surface area contributed by atoms with Crippen LogP contribution in [0.2, 0.25) is 0 Å². The van der Waals surface area contributed by atoms with Crippen LogP contribution < -0.4 is 10.6 Å². The quantitative estimate of drug-likeness (QED) is 0.0740. The van der Waals surface area contributed by atoms with Gasteiger partial charge in [-0.25, -0.2) is 9.59 Å². The van der Waals surface area contributed by atoms with Gasteiger partial charge in [-0.15, -0.1) is 0 Å². The maximum absolute atomic E-state index is 12.3. The lowest BCUT2D eigenvalue weighted by Crippen LogP contribution is -2.30. The average Bonchev–Trinajstić information content (AvgIpc) is 3.09. The lowest BCUT2D eigenvalue weighted by Gasteiger charge is -2.20. The fourth-order valence-corrected chi connectivity index (χ4v) is 5.98. The van der Waals surface area contributed by atoms with E-state index in [1.54, 1.807) is 24.3 Å². The van der Waals surface area contributed by atoms with Gasteiger partial charge in [0.1, 0.15) is 13.2 Å². The molecule has 0 aliphatic rings. The summed E-state index contributed by atoms with van der Waals surface area (Å²) in [6.07, 6.45) is 25.8. The second-order valence-electron chi connectivity index (χ2n) is 13.3. The molecule has 8 nitrogen and oxygen atoms in total. The summed E-state index contributed by atoms with van der Waals surface area (Å²) in [6, 6.07) is 6.97. The smallest absolute Gasteiger partial charge is 0.411 e. The first-order valence-corrected chi connectivity index (χ1v) is 19.9. The molecule has 0 radical (unpaired) electrons. The highest BCUT2D eigenvalue weighted by atomic mass is 16.6. The van der Waals surface area contributed by atoms with Crippen molar-refractivity contribution < 1.29 is 19.1 Å². The van der Waals surface area contributed by atoms with Crippen LogP contribution in [-0.2, 0) is 9.47 Å². The number of nitrogens with zero attached hydrogens (tertiary/aromatic N) is 2. The second kappa shape index (κ2) is 31.9. The number of hydrogen-bond acceptors (Lipinski definition) is 6. The Kier molecular flexibility index (Phi) is 29.1. The van der Waals surface area contributed by atoms with Gasteiger partial charge in [0, 0.05) is 24.5 Å². The van der Waals surface area contributed by atoms with Crippen molar-refractivity contribution in [3.8, 4) is 0 Å². The Bertz CT molecular complexity index is 811. The Morgan fingerprint density at radius 3 is 1.04 bits per heavy atom. The molecule has 0 saturated carbocycles. The van der Waals surface area contributed by atoms with E-state index in [4.69, 9.17) is 9.47 Å². The number of carbonyl (C=O) groups excluding carboxylic acids is 2. The van der Waals surface area contributed by atoms with Crippen molar-refractivity contribution in [3.63, 3.8) is 0 Å². The lowest BCUT2D eigenvalue weighted by molar-refractivity contribution is 0.139. The fourth-order valence-electron chi connectivity index (χ4n) is 5.98. The Morgan fingerprint density at radius 2 is 0.750 bits per heavy atom. The Morgan fingerprint density at radius 1 is 0.458 bits per heavy atom. The van der Waals surface area contributed by atoms with Gasteiger partial charge < -0.3 is 19.3 Å². The Balaban J connectivity index is 2.12. The number of amides is 2. The minimum absolute atomic E-state index is 0.359. The number of anilines is 2. The van der Waals surface area contributed by atoms with Crippen molar-refractivity contribution in [1.29, 1.82) is 0 Å². The highest BCUT2D eigenvalue weighted by molar-refractivity contribution is 5.87. The van der Waals surface area contributed by atoms with E-state index in [1.165, 1.54) is 128 Å². The molecule has 0 atom stereocenters. The van der Waals surface area contributed by atoms with Crippen LogP contribution in [0.25, 0.3) is 0 Å². The van der Waals surface area contributed by atoms with Gasteiger partial charge >= 0.3 is 12.2 Å². The van der Waals surface area contributed by atoms with E-state index in [2.05, 4.69) is 48.1 Å². The summed E-state index contributed by atoms with van der Waals surface area (Å²) >= 11 is 0. The molecule has 0 bridgehead atoms. The molecule has 1 aromatic carbocycles. The molecular weight excluding hydrogens is 600 g/mol. The summed E-state index contributed by atoms with van der Waals surface area (Å²) in [5.74, 6) is 0. The van der Waals surface area contributed by atoms with Gasteiger partial charge in [-0.1, -0.05) is 143 Å². The molecule has 1 rings (SSSR count). The summed E-state index contributed by atoms with van der Waals surface area (Å²) in [5.41, 5.74) is 1.23. The van der Waals surface area contributed by atoms with Crippen molar-refractivity contribution in [1.82, 2.24) is 9.80 Å². The molecule has 0 aliphatic heterocycles. The van der Waals surface area contributed by atoms with E-state index in [0.717, 1.165) is 39.3 Å². The topological polar surface area (TPSA) is 83.1 Å². The number of benzene rings is 1. The van der Waals surface area contributed by atoms with Crippen molar-refractivity contribution in [2.45, 2.75) is 156 Å². The normalized spacial score (nSPS) is 11.3. The molecular formula is C40H74N4O4. The van der Waals surface area contributed by atoms with Crippen LogP contribution in [0, 0.1) is 0 Å². The first-order valence-electron chi connectivity index (χ1n) is 19.9. The Labute approximate surface area is 295 Å². The molecule has 48 heavy (non-hydrogen) atoms. The SMILES string of the molecule is CCCCCCCCCCCCN(CC)CCOC(=O)Nc1ccc(NC(=O)OCCN(CC)CCCCCCCCCCCC)cc1. The van der Waals surface area contributed by atoms with E-state index in [-0.39, 0.29) is 0 Å². The van der Waals surface area contributed by atoms with Crippen molar-refractivity contribution >= 4 is 23.6 Å². The first kappa shape index (κ1) is 43.7. The zero-order chi connectivity index (χ0) is 34.9. The Hall–Kier alpha value is -2.32. The highest BCUT2D eigenvalue weighted by Gasteiger charge is 2.09. The summed E-state index contributed by atoms with van der Waals surface area (Å²) < 4.78 is 10.8. The molecule has 2 N–H and O–H groups in total. The number of nitrogens with one attached hydrogen (secondary N) is 2. The first-order chi connectivity index (χ1) is 23.5. The third kappa shape index (κ3) is 25.7. The van der Waals surface area contributed by atoms with E-state index < -0.39 is 12.2 Å². The van der Waals surface area contributed by atoms with E-state index in [9.17, 15) is 9.59 Å². The van der Waals surface area contributed by atoms with Crippen LogP contribution in [-0.4, -0.2) is 74.5 Å². The highest BCUT2D eigenvalue weighted by Crippen LogP contribution is 2.15. The van der Waals surface area contributed by atoms with E-state index >= 15 is 0 Å². The summed E-state index contributed by atoms with van der Waals surface area (Å²) in [7, 11) is 0. The van der Waals surface area contributed by atoms with Crippen LogP contribution in [0.3, 0.4) is 0 Å². The van der Waals surface area contributed by atoms with Gasteiger partial charge in [0.2, 0.25) is 0 Å². The zero-order valence-corrected chi connectivity index (χ0v) is 31.6. The van der Waals surface area contributed by atoms with Gasteiger partial charge in [-0.2, -0.15) is 0 Å². The average molecular weight is 675 g/mol. The van der Waals surface area contributed by atoms with Gasteiger partial charge in [0.25, 0.3) is 0 Å². The molecule has 1 aromatic rings. The molecule has 0 saturated heterocycles. The third-order valence-corrected chi connectivity index (χ3v) is 9.21. The predicted octanol–water partition coefficient (Wildman–Crippen LogP) is 11.3. The number of likely N-dealkylation sites (N-methyl/N-ethyl adjacent to an activating group) is 2. The van der Waals surface area contributed by atoms with Crippen molar-refractivity contribution in [2.75, 3.05) is 63.1 Å². The summed E-state index contributed by atoms with van der Waals surface area (Å²) in [4.78, 5) is 29.3. The molecule has 0 unspecified atom stereocenters. The standard InChI is InChI=1S/C40H74N4O4/c1-5-9-11-13-15-17-19-21-23-25-31-43(7-3)33-35-47-39(45)41-37-27-29-38(30-28-37)42-40(46)48-36-34-44(8-4)32-26-24-22-20-18-16-14-12-10-6-2/h27-30H,5-26,31-36H2,1-4H3,(H,41,45)(H,42,46). The third-order valence-electron chi connectivity index (χ3n) is 9.21. The van der Waals surface area contributed by atoms with Crippen LogP contribution >= 0.6 is 0 Å². The van der Waals surface area contributed by atoms with E-state index in [0.29, 0.717) is 24.6 Å². The zero-order valence-electron chi connectivity index (χ0n) is 31.6. The summed E-state index contributed by atoms with van der Waals surface area (Å²) in [6.45, 7) is 15.0. The van der Waals surface area contributed by atoms with Crippen molar-refractivity contribution in [3.05, 3.63) is 24.3 Å². The second-order valence-corrected chi connectivity index (χ2v) is 13.3. The number of carbonyl (C=O) groups is 2. The molecule has 0 aliphatic carbocycles. The van der Waals surface area contributed by atoms with Gasteiger partial charge in [0.15, 0.2) is 0 Å². The van der Waals surface area contributed by atoms with Gasteiger partial charge in [-0.05, 0) is 63.3 Å². The molecule has 0 spiro atoms.